The molecule has 2 N–H and O–H groups in total. The topological polar surface area (TPSA) is 84.0 Å². The molecule has 2 heterocycles. The number of hydrogen-bond donors (Lipinski definition) is 2. The molecule has 1 saturated heterocycles. The van der Waals surface area contributed by atoms with E-state index in [1.165, 1.54) is 23.5 Å². The van der Waals surface area contributed by atoms with Crippen molar-refractivity contribution in [1.82, 2.24) is 9.80 Å². The van der Waals surface area contributed by atoms with E-state index in [0.717, 1.165) is 99.9 Å². The fourth-order valence-electron chi connectivity index (χ4n) is 7.37. The Balaban J connectivity index is 1.36. The van der Waals surface area contributed by atoms with Gasteiger partial charge in [-0.05, 0) is 83.6 Å². The van der Waals surface area contributed by atoms with E-state index >= 15 is 0 Å². The highest BCUT2D eigenvalue weighted by atomic mass is 16.3. The maximum atomic E-state index is 11.6. The zero-order chi connectivity index (χ0) is 35.6. The standard InChI is InChI=1S/C42H63N5O2/c1-40(2,3)32-23-29(15-12-19-46-21-14-22-47-20-13-18-43-39(46)47)37(48)30(24-32)27-44-35-16-10-11-17-36(35)45-28-31-25-33(41(4,5)6)26-34(38(31)49)42(7,8)9/h23-28,35-36,48-49H,10-22H2,1-9H3/b44-27+,45-28+/t35?,36-/m0/s1. The van der Waals surface area contributed by atoms with E-state index in [2.05, 4.69) is 96.4 Å². The lowest BCUT2D eigenvalue weighted by atomic mass is 9.79. The van der Waals surface area contributed by atoms with Gasteiger partial charge in [-0.15, -0.1) is 0 Å². The number of aryl methyl sites for hydroxylation is 1. The summed E-state index contributed by atoms with van der Waals surface area (Å²) in [5, 5.41) is 22.9. The Kier molecular flexibility index (Phi) is 11.2. The van der Waals surface area contributed by atoms with Crippen LogP contribution in [0.4, 0.5) is 0 Å². The highest BCUT2D eigenvalue weighted by molar-refractivity contribution is 5.86. The van der Waals surface area contributed by atoms with Crippen molar-refractivity contribution >= 4 is 18.4 Å². The highest BCUT2D eigenvalue weighted by Gasteiger charge is 2.28. The lowest BCUT2D eigenvalue weighted by Crippen LogP contribution is -2.52. The van der Waals surface area contributed by atoms with Crippen LogP contribution < -0.4 is 0 Å². The Morgan fingerprint density at radius 2 is 1.29 bits per heavy atom. The molecule has 2 aromatic carbocycles. The molecule has 2 atom stereocenters. The summed E-state index contributed by atoms with van der Waals surface area (Å²) in [7, 11) is 0. The second kappa shape index (κ2) is 14.9. The van der Waals surface area contributed by atoms with Crippen LogP contribution in [0.3, 0.4) is 0 Å². The van der Waals surface area contributed by atoms with Crippen molar-refractivity contribution in [3.63, 3.8) is 0 Å². The second-order valence-electron chi connectivity index (χ2n) is 17.7. The van der Waals surface area contributed by atoms with Gasteiger partial charge in [0.15, 0.2) is 5.96 Å². The van der Waals surface area contributed by atoms with Crippen molar-refractivity contribution in [2.24, 2.45) is 15.0 Å². The smallest absolute Gasteiger partial charge is 0.196 e. The van der Waals surface area contributed by atoms with Gasteiger partial charge in [0.2, 0.25) is 0 Å². The van der Waals surface area contributed by atoms with Gasteiger partial charge in [-0.3, -0.25) is 15.0 Å². The molecule has 2 aromatic rings. The average molecular weight is 670 g/mol. The Hall–Kier alpha value is -3.35. The van der Waals surface area contributed by atoms with Gasteiger partial charge in [-0.25, -0.2) is 0 Å². The van der Waals surface area contributed by atoms with Crippen molar-refractivity contribution < 1.29 is 10.2 Å². The normalized spacial score (nSPS) is 21.0. The molecule has 1 aliphatic carbocycles. The quantitative estimate of drug-likeness (QED) is 0.276. The van der Waals surface area contributed by atoms with Crippen LogP contribution in [0.1, 0.15) is 141 Å². The van der Waals surface area contributed by atoms with Crippen molar-refractivity contribution in [2.75, 3.05) is 32.7 Å². The molecule has 3 aliphatic rings. The average Bonchev–Trinajstić information content (AvgIpc) is 3.03. The van der Waals surface area contributed by atoms with Gasteiger partial charge in [0.25, 0.3) is 0 Å². The summed E-state index contributed by atoms with van der Waals surface area (Å²) in [5.41, 5.74) is 5.64. The van der Waals surface area contributed by atoms with Gasteiger partial charge in [0.05, 0.1) is 12.1 Å². The number of fused-ring (bicyclic) bond motifs is 1. The first-order valence-corrected chi connectivity index (χ1v) is 18.9. The minimum Gasteiger partial charge on any atom is -0.507 e. The Bertz CT molecular complexity index is 1550. The monoisotopic (exact) mass is 669 g/mol. The number of rotatable bonds is 8. The number of aromatic hydroxyl groups is 2. The number of hydrogen-bond acceptors (Lipinski definition) is 7. The van der Waals surface area contributed by atoms with Crippen LogP contribution in [-0.4, -0.2) is 83.2 Å². The fourth-order valence-corrected chi connectivity index (χ4v) is 7.37. The van der Waals surface area contributed by atoms with Crippen LogP contribution in [0.15, 0.2) is 39.2 Å². The van der Waals surface area contributed by atoms with Gasteiger partial charge in [-0.2, -0.15) is 0 Å². The third-order valence-corrected chi connectivity index (χ3v) is 10.5. The molecular formula is C42H63N5O2. The van der Waals surface area contributed by atoms with E-state index < -0.39 is 0 Å². The molecule has 2 fully saturated rings. The summed E-state index contributed by atoms with van der Waals surface area (Å²) in [6, 6.07) is 8.62. The van der Waals surface area contributed by atoms with Crippen molar-refractivity contribution in [1.29, 1.82) is 0 Å². The zero-order valence-corrected chi connectivity index (χ0v) is 31.9. The summed E-state index contributed by atoms with van der Waals surface area (Å²) in [6.07, 6.45) is 12.0. The minimum absolute atomic E-state index is 0.0273. The molecule has 5 rings (SSSR count). The zero-order valence-electron chi connectivity index (χ0n) is 31.9. The number of benzene rings is 2. The molecule has 1 saturated carbocycles. The Morgan fingerprint density at radius 3 is 1.88 bits per heavy atom. The molecule has 0 amide bonds. The lowest BCUT2D eigenvalue weighted by Gasteiger charge is -2.41. The van der Waals surface area contributed by atoms with Crippen LogP contribution >= 0.6 is 0 Å². The Labute approximate surface area is 296 Å². The van der Waals surface area contributed by atoms with Crippen LogP contribution in [-0.2, 0) is 22.7 Å². The van der Waals surface area contributed by atoms with E-state index in [-0.39, 0.29) is 28.3 Å². The number of guanidine groups is 1. The van der Waals surface area contributed by atoms with E-state index in [4.69, 9.17) is 15.0 Å². The van der Waals surface area contributed by atoms with Crippen LogP contribution in [0.5, 0.6) is 11.5 Å². The van der Waals surface area contributed by atoms with Crippen LogP contribution in [0.25, 0.3) is 0 Å². The molecule has 268 valence electrons. The number of phenols is 2. The van der Waals surface area contributed by atoms with E-state index in [1.54, 1.807) is 0 Å². The van der Waals surface area contributed by atoms with E-state index in [0.29, 0.717) is 11.5 Å². The summed E-state index contributed by atoms with van der Waals surface area (Å²) in [4.78, 5) is 19.9. The first kappa shape index (κ1) is 36.9. The van der Waals surface area contributed by atoms with Gasteiger partial charge in [0.1, 0.15) is 11.5 Å². The third-order valence-electron chi connectivity index (χ3n) is 10.5. The SMILES string of the molecule is CC(C)(C)c1cc(/C=N/C2CCCC[C@@H]2/N=C/c2cc(C(C)(C)C)cc(C(C)(C)C)c2O)c(O)c(CCCN2CCCN3CCCN=C32)c1. The molecule has 7 heteroatoms. The van der Waals surface area contributed by atoms with Crippen LogP contribution in [0.2, 0.25) is 0 Å². The van der Waals surface area contributed by atoms with Crippen molar-refractivity contribution in [2.45, 2.75) is 142 Å². The molecule has 0 aromatic heterocycles. The first-order chi connectivity index (χ1) is 23.0. The molecular weight excluding hydrogens is 606 g/mol. The highest BCUT2D eigenvalue weighted by Crippen LogP contribution is 2.38. The first-order valence-electron chi connectivity index (χ1n) is 18.9. The van der Waals surface area contributed by atoms with Crippen molar-refractivity contribution in [3.8, 4) is 11.5 Å². The molecule has 0 bridgehead atoms. The van der Waals surface area contributed by atoms with Gasteiger partial charge in [-0.1, -0.05) is 87.3 Å². The summed E-state index contributed by atoms with van der Waals surface area (Å²) >= 11 is 0. The summed E-state index contributed by atoms with van der Waals surface area (Å²) < 4.78 is 0. The largest absolute Gasteiger partial charge is 0.507 e. The maximum Gasteiger partial charge on any atom is 0.196 e. The van der Waals surface area contributed by atoms with Gasteiger partial charge < -0.3 is 20.0 Å². The molecule has 49 heavy (non-hydrogen) atoms. The summed E-state index contributed by atoms with van der Waals surface area (Å²) in [5.74, 6) is 1.84. The van der Waals surface area contributed by atoms with E-state index in [9.17, 15) is 10.2 Å². The lowest BCUT2D eigenvalue weighted by molar-refractivity contribution is 0.242. The third kappa shape index (κ3) is 9.07. The fraction of sp³-hybridized carbons (Fsp3) is 0.643. The Morgan fingerprint density at radius 1 is 0.714 bits per heavy atom. The predicted octanol–water partition coefficient (Wildman–Crippen LogP) is 8.54. The number of aliphatic imine (C=N–C) groups is 3. The van der Waals surface area contributed by atoms with Gasteiger partial charge >= 0.3 is 0 Å². The summed E-state index contributed by atoms with van der Waals surface area (Å²) in [6.45, 7) is 24.9. The number of phenolic OH excluding ortho intramolecular Hbond substituents is 2. The van der Waals surface area contributed by atoms with Crippen LogP contribution in [0, 0.1) is 0 Å². The molecule has 0 radical (unpaired) electrons. The molecule has 1 unspecified atom stereocenters. The van der Waals surface area contributed by atoms with E-state index in [1.807, 2.05) is 12.4 Å². The predicted molar refractivity (Wildman–Crippen MR) is 207 cm³/mol. The van der Waals surface area contributed by atoms with Crippen molar-refractivity contribution in [3.05, 3.63) is 57.6 Å². The minimum atomic E-state index is -0.188. The molecule has 2 aliphatic heterocycles. The molecule has 7 nitrogen and oxygen atoms in total. The second-order valence-corrected chi connectivity index (χ2v) is 17.7. The molecule has 0 spiro atoms. The number of nitrogens with zero attached hydrogens (tertiary/aromatic N) is 5. The van der Waals surface area contributed by atoms with Gasteiger partial charge in [0, 0.05) is 61.8 Å². The maximum absolute atomic E-state index is 11.6.